The molecule has 0 spiro atoms. The smallest absolute Gasteiger partial charge is 0.381 e. The Morgan fingerprint density at radius 1 is 1.38 bits per heavy atom. The Morgan fingerprint density at radius 3 is 2.56 bits per heavy atom. The first-order chi connectivity index (χ1) is 7.56. The fourth-order valence-corrected chi connectivity index (χ4v) is 1.06. The van der Waals surface area contributed by atoms with Crippen LogP contribution in [-0.2, 0) is 9.53 Å². The van der Waals surface area contributed by atoms with Crippen molar-refractivity contribution in [3.8, 4) is 0 Å². The van der Waals surface area contributed by atoms with E-state index >= 15 is 0 Å². The molecular weight excluding hydrogens is 214 g/mol. The van der Waals surface area contributed by atoms with Gasteiger partial charge < -0.3 is 4.74 Å². The summed E-state index contributed by atoms with van der Waals surface area (Å²) in [6, 6.07) is 8.56. The lowest BCUT2D eigenvalue weighted by Gasteiger charge is -2.09. The van der Waals surface area contributed by atoms with Crippen LogP contribution in [0.3, 0.4) is 0 Å². The number of ether oxygens (including phenoxy) is 1. The van der Waals surface area contributed by atoms with Gasteiger partial charge in [-0.15, -0.1) is 0 Å². The molecule has 2 nitrogen and oxygen atoms in total. The molecule has 1 aromatic carbocycles. The zero-order valence-electron chi connectivity index (χ0n) is 8.82. The Bertz CT molecular complexity index is 372. The molecular formula is C12H12F2O2. The van der Waals surface area contributed by atoms with Crippen LogP contribution in [0, 0.1) is 0 Å². The van der Waals surface area contributed by atoms with Crippen molar-refractivity contribution in [1.82, 2.24) is 0 Å². The molecule has 86 valence electrons. The van der Waals surface area contributed by atoms with Crippen molar-refractivity contribution in [3.05, 3.63) is 42.0 Å². The molecule has 0 aliphatic rings. The number of carbonyl (C=O) groups excluding carboxylic acids is 1. The molecule has 4 heteroatoms. The van der Waals surface area contributed by atoms with Crippen LogP contribution in [0.1, 0.15) is 12.5 Å². The summed E-state index contributed by atoms with van der Waals surface area (Å²) >= 11 is 0. The summed E-state index contributed by atoms with van der Waals surface area (Å²) < 4.78 is 30.5. The molecule has 0 N–H and O–H groups in total. The minimum Gasteiger partial charge on any atom is -0.461 e. The molecule has 0 saturated heterocycles. The minimum absolute atomic E-state index is 0.0619. The average Bonchev–Trinajstić information content (AvgIpc) is 2.28. The zero-order valence-corrected chi connectivity index (χ0v) is 8.82. The van der Waals surface area contributed by atoms with Crippen molar-refractivity contribution in [2.75, 3.05) is 6.61 Å². The van der Waals surface area contributed by atoms with Gasteiger partial charge in [-0.1, -0.05) is 36.4 Å². The summed E-state index contributed by atoms with van der Waals surface area (Å²) in [4.78, 5) is 10.9. The van der Waals surface area contributed by atoms with E-state index in [2.05, 4.69) is 4.74 Å². The highest BCUT2D eigenvalue weighted by molar-refractivity contribution is 5.81. The summed E-state index contributed by atoms with van der Waals surface area (Å²) in [5, 5.41) is 0. The van der Waals surface area contributed by atoms with E-state index in [1.54, 1.807) is 30.3 Å². The third-order valence-corrected chi connectivity index (χ3v) is 1.83. The van der Waals surface area contributed by atoms with E-state index in [0.29, 0.717) is 11.6 Å². The maximum absolute atomic E-state index is 13.1. The maximum Gasteiger partial charge on any atom is 0.381 e. The first kappa shape index (κ1) is 12.4. The first-order valence-corrected chi connectivity index (χ1v) is 4.85. The summed E-state index contributed by atoms with van der Waals surface area (Å²) in [6.07, 6.45) is 1.73. The largest absolute Gasteiger partial charge is 0.461 e. The molecule has 1 aromatic rings. The molecule has 0 fully saturated rings. The molecule has 0 radical (unpaired) electrons. The lowest BCUT2D eigenvalue weighted by Crippen LogP contribution is -2.28. The van der Waals surface area contributed by atoms with Crippen molar-refractivity contribution in [2.24, 2.45) is 0 Å². The SMILES string of the molecule is CCOC(=O)C(F)(F)C=Cc1ccccc1. The van der Waals surface area contributed by atoms with Gasteiger partial charge in [0.15, 0.2) is 0 Å². The third kappa shape index (κ3) is 3.46. The topological polar surface area (TPSA) is 26.3 Å². The Hall–Kier alpha value is -1.71. The van der Waals surface area contributed by atoms with Crippen LogP contribution in [-0.4, -0.2) is 18.5 Å². The Kier molecular flexibility index (Phi) is 4.17. The predicted octanol–water partition coefficient (Wildman–Crippen LogP) is 2.90. The molecule has 0 amide bonds. The number of alkyl halides is 2. The molecule has 0 aliphatic carbocycles. The second kappa shape index (κ2) is 5.39. The van der Waals surface area contributed by atoms with Gasteiger partial charge >= 0.3 is 11.9 Å². The number of carbonyl (C=O) groups is 1. The van der Waals surface area contributed by atoms with Crippen molar-refractivity contribution in [3.63, 3.8) is 0 Å². The number of esters is 1. The molecule has 0 aliphatic heterocycles. The minimum atomic E-state index is -3.58. The summed E-state index contributed by atoms with van der Waals surface area (Å²) in [5.74, 6) is -5.10. The quantitative estimate of drug-likeness (QED) is 0.738. The zero-order chi connectivity index (χ0) is 12.0. The summed E-state index contributed by atoms with van der Waals surface area (Å²) in [6.45, 7) is 1.42. The van der Waals surface area contributed by atoms with Gasteiger partial charge in [-0.2, -0.15) is 8.78 Å². The Balaban J connectivity index is 2.72. The Labute approximate surface area is 92.5 Å². The van der Waals surface area contributed by atoms with E-state index < -0.39 is 11.9 Å². The lowest BCUT2D eigenvalue weighted by molar-refractivity contribution is -0.164. The first-order valence-electron chi connectivity index (χ1n) is 4.85. The van der Waals surface area contributed by atoms with E-state index in [1.165, 1.54) is 13.0 Å². The van der Waals surface area contributed by atoms with Crippen molar-refractivity contribution in [2.45, 2.75) is 12.8 Å². The summed E-state index contributed by atoms with van der Waals surface area (Å²) in [5.41, 5.74) is 0.603. The van der Waals surface area contributed by atoms with Gasteiger partial charge in [-0.3, -0.25) is 0 Å². The van der Waals surface area contributed by atoms with Crippen molar-refractivity contribution in [1.29, 1.82) is 0 Å². The van der Waals surface area contributed by atoms with Gasteiger partial charge in [0.25, 0.3) is 0 Å². The van der Waals surface area contributed by atoms with Crippen LogP contribution in [0.2, 0.25) is 0 Å². The number of halogens is 2. The van der Waals surface area contributed by atoms with Crippen LogP contribution in [0.15, 0.2) is 36.4 Å². The number of benzene rings is 1. The lowest BCUT2D eigenvalue weighted by atomic mass is 10.2. The maximum atomic E-state index is 13.1. The number of hydrogen-bond donors (Lipinski definition) is 0. The van der Waals surface area contributed by atoms with Crippen LogP contribution >= 0.6 is 0 Å². The molecule has 16 heavy (non-hydrogen) atoms. The molecule has 1 rings (SSSR count). The number of rotatable bonds is 4. The summed E-state index contributed by atoms with van der Waals surface area (Å²) in [7, 11) is 0. The average molecular weight is 226 g/mol. The third-order valence-electron chi connectivity index (χ3n) is 1.83. The van der Waals surface area contributed by atoms with E-state index in [-0.39, 0.29) is 6.61 Å². The van der Waals surface area contributed by atoms with E-state index in [0.717, 1.165) is 0 Å². The van der Waals surface area contributed by atoms with Crippen LogP contribution in [0.5, 0.6) is 0 Å². The normalized spacial score (nSPS) is 11.7. The number of hydrogen-bond acceptors (Lipinski definition) is 2. The fourth-order valence-electron chi connectivity index (χ4n) is 1.06. The highest BCUT2D eigenvalue weighted by atomic mass is 19.3. The van der Waals surface area contributed by atoms with Crippen LogP contribution in [0.4, 0.5) is 8.78 Å². The van der Waals surface area contributed by atoms with E-state index in [4.69, 9.17) is 0 Å². The molecule has 0 bridgehead atoms. The second-order valence-corrected chi connectivity index (χ2v) is 3.09. The van der Waals surface area contributed by atoms with E-state index in [9.17, 15) is 13.6 Å². The highest BCUT2D eigenvalue weighted by Gasteiger charge is 2.37. The van der Waals surface area contributed by atoms with Gasteiger partial charge in [0.1, 0.15) is 0 Å². The van der Waals surface area contributed by atoms with Gasteiger partial charge in [-0.05, 0) is 18.6 Å². The second-order valence-electron chi connectivity index (χ2n) is 3.09. The predicted molar refractivity (Wildman–Crippen MR) is 57.1 cm³/mol. The van der Waals surface area contributed by atoms with Crippen molar-refractivity contribution >= 4 is 12.0 Å². The molecule has 0 unspecified atom stereocenters. The monoisotopic (exact) mass is 226 g/mol. The van der Waals surface area contributed by atoms with Crippen molar-refractivity contribution < 1.29 is 18.3 Å². The van der Waals surface area contributed by atoms with Crippen LogP contribution in [0.25, 0.3) is 6.08 Å². The fraction of sp³-hybridized carbons (Fsp3) is 0.250. The van der Waals surface area contributed by atoms with Gasteiger partial charge in [0.05, 0.1) is 6.61 Å². The van der Waals surface area contributed by atoms with E-state index in [1.807, 2.05) is 0 Å². The molecule has 0 saturated carbocycles. The van der Waals surface area contributed by atoms with Gasteiger partial charge in [-0.25, -0.2) is 4.79 Å². The van der Waals surface area contributed by atoms with Gasteiger partial charge in [0.2, 0.25) is 0 Å². The molecule has 0 atom stereocenters. The van der Waals surface area contributed by atoms with Crippen LogP contribution < -0.4 is 0 Å². The molecule has 0 heterocycles. The highest BCUT2D eigenvalue weighted by Crippen LogP contribution is 2.19. The molecule has 0 aromatic heterocycles. The Morgan fingerprint density at radius 2 is 2.00 bits per heavy atom. The van der Waals surface area contributed by atoms with Gasteiger partial charge in [0, 0.05) is 0 Å². The standard InChI is InChI=1S/C12H12F2O2/c1-2-16-11(15)12(13,14)9-8-10-6-4-3-5-7-10/h3-9H,2H2,1H3.